The van der Waals surface area contributed by atoms with Gasteiger partial charge >= 0.3 is 0 Å². The van der Waals surface area contributed by atoms with E-state index in [1.54, 1.807) is 12.3 Å². The Morgan fingerprint density at radius 3 is 2.64 bits per heavy atom. The first-order valence-electron chi connectivity index (χ1n) is 13.1. The van der Waals surface area contributed by atoms with Crippen LogP contribution in [0.15, 0.2) is 18.3 Å². The molecule has 7 rings (SSSR count). The molecule has 2 fully saturated rings. The van der Waals surface area contributed by atoms with Gasteiger partial charge in [-0.1, -0.05) is 19.9 Å². The molecule has 0 aliphatic carbocycles. The Kier molecular flexibility index (Phi) is 6.72. The molecular formula is C28H29FN6O3S. The van der Waals surface area contributed by atoms with E-state index in [1.165, 1.54) is 6.07 Å². The van der Waals surface area contributed by atoms with E-state index in [-0.39, 0.29) is 27.6 Å². The molecule has 0 atom stereocenters. The standard InChI is InChI=1S/C26H23FN6O3S.C2H6/c27-19-2-1-14(21-15(7-28)25(29)37-24(19)21)20-18-12-36-11-17(18)16-8-30-26(31-22(16)23(20)34)33-9-13(10-33)32-3-5-35-6-4-32;1-2/h1-2,8,13,34H,3-6,9-12,29H2;1-2H3. The fourth-order valence-electron chi connectivity index (χ4n) is 5.67. The van der Waals surface area contributed by atoms with Crippen molar-refractivity contribution in [2.45, 2.75) is 33.1 Å². The summed E-state index contributed by atoms with van der Waals surface area (Å²) in [5, 5.41) is 22.8. The molecule has 0 saturated carbocycles. The van der Waals surface area contributed by atoms with Gasteiger partial charge in [0.05, 0.1) is 36.7 Å². The number of morpholine rings is 1. The van der Waals surface area contributed by atoms with Gasteiger partial charge < -0.3 is 25.2 Å². The third kappa shape index (κ3) is 4.06. The van der Waals surface area contributed by atoms with Crippen molar-refractivity contribution in [3.8, 4) is 22.9 Å². The average molecular weight is 549 g/mol. The predicted molar refractivity (Wildman–Crippen MR) is 149 cm³/mol. The summed E-state index contributed by atoms with van der Waals surface area (Å²) in [6.45, 7) is 9.63. The molecule has 0 spiro atoms. The summed E-state index contributed by atoms with van der Waals surface area (Å²) >= 11 is 1.03. The van der Waals surface area contributed by atoms with Gasteiger partial charge in [-0.05, 0) is 22.8 Å². The first-order valence-corrected chi connectivity index (χ1v) is 14.0. The van der Waals surface area contributed by atoms with Crippen LogP contribution in [0.1, 0.15) is 30.5 Å². The van der Waals surface area contributed by atoms with E-state index in [0.717, 1.165) is 67.2 Å². The second-order valence-electron chi connectivity index (χ2n) is 9.57. The van der Waals surface area contributed by atoms with Crippen LogP contribution in [0.5, 0.6) is 5.75 Å². The number of ether oxygens (including phenoxy) is 2. The Hall–Kier alpha value is -3.56. The highest BCUT2D eigenvalue weighted by atomic mass is 32.1. The number of benzene rings is 2. The minimum Gasteiger partial charge on any atom is -0.505 e. The molecule has 3 N–H and O–H groups in total. The topological polar surface area (TPSA) is 121 Å². The first-order chi connectivity index (χ1) is 19.0. The number of thiophene rings is 1. The molecule has 9 nitrogen and oxygen atoms in total. The molecule has 11 heteroatoms. The minimum atomic E-state index is -0.456. The van der Waals surface area contributed by atoms with Crippen molar-refractivity contribution in [2.75, 3.05) is 50.0 Å². The van der Waals surface area contributed by atoms with Crippen LogP contribution < -0.4 is 10.6 Å². The van der Waals surface area contributed by atoms with Gasteiger partial charge in [-0.2, -0.15) is 5.26 Å². The third-order valence-corrected chi connectivity index (χ3v) is 8.65. The van der Waals surface area contributed by atoms with E-state index >= 15 is 0 Å². The summed E-state index contributed by atoms with van der Waals surface area (Å²) in [7, 11) is 0. The van der Waals surface area contributed by atoms with E-state index < -0.39 is 5.82 Å². The molecular weight excluding hydrogens is 519 g/mol. The largest absolute Gasteiger partial charge is 0.505 e. The second kappa shape index (κ2) is 10.2. The Labute approximate surface area is 229 Å². The number of anilines is 2. The van der Waals surface area contributed by atoms with E-state index in [4.69, 9.17) is 20.2 Å². The maximum atomic E-state index is 14.7. The fourth-order valence-corrected chi connectivity index (χ4v) is 6.62. The number of nitrogens with two attached hydrogens (primary N) is 1. The molecule has 2 aromatic carbocycles. The SMILES string of the molecule is CC.N#Cc1c(N)sc2c(F)ccc(-c3c4c(c5cnc(N6CC(N7CCOCC7)C6)nc5c3O)COC4)c12. The molecule has 0 amide bonds. The van der Waals surface area contributed by atoms with Gasteiger partial charge in [-0.15, -0.1) is 11.3 Å². The van der Waals surface area contributed by atoms with E-state index in [9.17, 15) is 14.8 Å². The average Bonchev–Trinajstić information content (AvgIpc) is 3.56. The molecule has 0 radical (unpaired) electrons. The molecule has 0 bridgehead atoms. The zero-order valence-electron chi connectivity index (χ0n) is 21.8. The van der Waals surface area contributed by atoms with Crippen molar-refractivity contribution >= 4 is 43.3 Å². The highest BCUT2D eigenvalue weighted by molar-refractivity contribution is 7.23. The third-order valence-electron chi connectivity index (χ3n) is 7.63. The van der Waals surface area contributed by atoms with Crippen molar-refractivity contribution in [1.82, 2.24) is 14.9 Å². The number of aromatic hydroxyl groups is 1. The molecule has 39 heavy (non-hydrogen) atoms. The fraction of sp³-hybridized carbons (Fsp3) is 0.393. The number of fused-ring (bicyclic) bond motifs is 4. The van der Waals surface area contributed by atoms with Gasteiger partial charge in [0.1, 0.15) is 28.2 Å². The van der Waals surface area contributed by atoms with Crippen LogP contribution in [-0.4, -0.2) is 65.4 Å². The van der Waals surface area contributed by atoms with Gasteiger partial charge in [0.25, 0.3) is 0 Å². The van der Waals surface area contributed by atoms with E-state index in [1.807, 2.05) is 13.8 Å². The van der Waals surface area contributed by atoms with Crippen LogP contribution >= 0.6 is 11.3 Å². The van der Waals surface area contributed by atoms with Crippen LogP contribution in [0, 0.1) is 17.1 Å². The minimum absolute atomic E-state index is 0.0327. The highest BCUT2D eigenvalue weighted by Crippen LogP contribution is 2.49. The number of nitrogens with zero attached hydrogens (tertiary/aromatic N) is 5. The van der Waals surface area contributed by atoms with Crippen LogP contribution in [0.4, 0.5) is 15.3 Å². The lowest BCUT2D eigenvalue weighted by Gasteiger charge is -2.46. The van der Waals surface area contributed by atoms with Gasteiger partial charge in [-0.3, -0.25) is 4.90 Å². The number of halogens is 1. The Balaban J connectivity index is 0.00000135. The smallest absolute Gasteiger partial charge is 0.226 e. The van der Waals surface area contributed by atoms with Crippen LogP contribution in [-0.2, 0) is 22.7 Å². The maximum Gasteiger partial charge on any atom is 0.226 e. The summed E-state index contributed by atoms with van der Waals surface area (Å²) < 4.78 is 26.2. The Morgan fingerprint density at radius 1 is 1.15 bits per heavy atom. The molecule has 5 heterocycles. The zero-order chi connectivity index (χ0) is 27.3. The lowest BCUT2D eigenvalue weighted by Crippen LogP contribution is -2.62. The quantitative estimate of drug-likeness (QED) is 0.384. The molecule has 2 aromatic heterocycles. The zero-order valence-corrected chi connectivity index (χ0v) is 22.6. The number of nitriles is 1. The van der Waals surface area contributed by atoms with E-state index in [2.05, 4.69) is 20.9 Å². The number of hydrogen-bond acceptors (Lipinski definition) is 10. The molecule has 0 unspecified atom stereocenters. The first kappa shape index (κ1) is 25.7. The van der Waals surface area contributed by atoms with Crippen molar-refractivity contribution in [2.24, 2.45) is 0 Å². The molecule has 3 aliphatic heterocycles. The lowest BCUT2D eigenvalue weighted by molar-refractivity contribution is 0.0103. The van der Waals surface area contributed by atoms with Crippen molar-refractivity contribution in [3.05, 3.63) is 40.8 Å². The Morgan fingerprint density at radius 2 is 1.90 bits per heavy atom. The summed E-state index contributed by atoms with van der Waals surface area (Å²) in [4.78, 5) is 13.9. The summed E-state index contributed by atoms with van der Waals surface area (Å²) in [5.74, 6) is 0.0657. The summed E-state index contributed by atoms with van der Waals surface area (Å²) in [6.07, 6.45) is 1.75. The number of phenolic OH excluding ortho intramolecular Hbond substituents is 1. The van der Waals surface area contributed by atoms with Crippen molar-refractivity contribution < 1.29 is 19.0 Å². The molecule has 3 aliphatic rings. The number of nitrogen functional groups attached to an aromatic ring is 1. The number of rotatable bonds is 3. The van der Waals surface area contributed by atoms with E-state index in [0.29, 0.717) is 40.6 Å². The van der Waals surface area contributed by atoms with Gasteiger partial charge in [-0.25, -0.2) is 14.4 Å². The number of hydrogen-bond donors (Lipinski definition) is 2. The maximum absolute atomic E-state index is 14.7. The number of phenols is 1. The van der Waals surface area contributed by atoms with Gasteiger partial charge in [0.2, 0.25) is 5.95 Å². The van der Waals surface area contributed by atoms with Crippen LogP contribution in [0.2, 0.25) is 0 Å². The molecule has 202 valence electrons. The summed E-state index contributed by atoms with van der Waals surface area (Å²) in [5.41, 5.74) is 9.41. The molecule has 4 aromatic rings. The monoisotopic (exact) mass is 548 g/mol. The Bertz CT molecular complexity index is 1620. The number of aromatic nitrogens is 2. The summed E-state index contributed by atoms with van der Waals surface area (Å²) in [6, 6.07) is 5.48. The van der Waals surface area contributed by atoms with Crippen LogP contribution in [0.25, 0.3) is 32.1 Å². The second-order valence-corrected chi connectivity index (χ2v) is 10.6. The predicted octanol–water partition coefficient (Wildman–Crippen LogP) is 4.39. The highest BCUT2D eigenvalue weighted by Gasteiger charge is 2.35. The van der Waals surface area contributed by atoms with Crippen LogP contribution in [0.3, 0.4) is 0 Å². The van der Waals surface area contributed by atoms with Gasteiger partial charge in [0.15, 0.2) is 0 Å². The van der Waals surface area contributed by atoms with Gasteiger partial charge in [0, 0.05) is 54.8 Å². The molecule has 2 saturated heterocycles. The van der Waals surface area contributed by atoms with Crippen molar-refractivity contribution in [3.63, 3.8) is 0 Å². The lowest BCUT2D eigenvalue weighted by atomic mass is 9.90. The normalized spacial score (nSPS) is 17.5. The van der Waals surface area contributed by atoms with Crippen molar-refractivity contribution in [1.29, 1.82) is 5.26 Å².